The van der Waals surface area contributed by atoms with Crippen LogP contribution in [-0.2, 0) is 9.59 Å². The van der Waals surface area contributed by atoms with Gasteiger partial charge in [-0.15, -0.1) is 0 Å². The molecule has 2 amide bonds. The number of carbonyl (C=O) groups excluding carboxylic acids is 2. The highest BCUT2D eigenvalue weighted by Gasteiger charge is 2.40. The summed E-state index contributed by atoms with van der Waals surface area (Å²) in [6, 6.07) is 9.31. The largest absolute Gasteiger partial charge is 0.493 e. The molecule has 1 aliphatic heterocycles. The number of carbonyl (C=O) groups is 2. The molecule has 5 nitrogen and oxygen atoms in total. The van der Waals surface area contributed by atoms with Gasteiger partial charge in [-0.25, -0.2) is 4.90 Å². The molecule has 0 atom stereocenters. The number of methoxy groups -OCH3 is 2. The summed E-state index contributed by atoms with van der Waals surface area (Å²) in [5.74, 6) is -0.386. The van der Waals surface area contributed by atoms with Crippen molar-refractivity contribution in [2.24, 2.45) is 0 Å². The number of amides is 2. The highest BCUT2D eigenvalue weighted by atomic mass is 35.5. The van der Waals surface area contributed by atoms with Crippen molar-refractivity contribution >= 4 is 57.9 Å². The predicted octanol–water partition coefficient (Wildman–Crippen LogP) is 4.53. The fraction of sp³-hybridized carbons (Fsp3) is 0.111. The molecule has 26 heavy (non-hydrogen) atoms. The number of rotatable bonds is 4. The van der Waals surface area contributed by atoms with Gasteiger partial charge in [0.1, 0.15) is 5.03 Å². The molecule has 0 fully saturated rings. The molecule has 0 radical (unpaired) electrons. The van der Waals surface area contributed by atoms with Crippen LogP contribution in [0.1, 0.15) is 5.56 Å². The van der Waals surface area contributed by atoms with E-state index in [9.17, 15) is 9.59 Å². The number of imide groups is 1. The molecule has 2 aromatic carbocycles. The SMILES string of the molecule is COc1ccc(C2=C(Cl)C(=O)N(c3cc(Cl)ccc3Cl)C2=O)cc1OC. The molecule has 0 bridgehead atoms. The number of anilines is 1. The van der Waals surface area contributed by atoms with Gasteiger partial charge in [-0.05, 0) is 35.9 Å². The molecule has 0 N–H and O–H groups in total. The summed E-state index contributed by atoms with van der Waals surface area (Å²) in [6.07, 6.45) is 0. The first kappa shape index (κ1) is 18.6. The van der Waals surface area contributed by atoms with Crippen LogP contribution in [-0.4, -0.2) is 26.0 Å². The molecule has 0 saturated heterocycles. The molecule has 134 valence electrons. The van der Waals surface area contributed by atoms with Crippen LogP contribution in [0.25, 0.3) is 5.57 Å². The van der Waals surface area contributed by atoms with Gasteiger partial charge >= 0.3 is 0 Å². The van der Waals surface area contributed by atoms with E-state index in [1.165, 1.54) is 26.4 Å². The van der Waals surface area contributed by atoms with Crippen LogP contribution < -0.4 is 14.4 Å². The lowest BCUT2D eigenvalue weighted by atomic mass is 10.1. The molecule has 3 rings (SSSR count). The third kappa shape index (κ3) is 3.03. The third-order valence-corrected chi connectivity index (χ3v) is 4.75. The normalized spacial score (nSPS) is 14.3. The second kappa shape index (κ2) is 7.19. The van der Waals surface area contributed by atoms with Crippen LogP contribution in [0.3, 0.4) is 0 Å². The Bertz CT molecular complexity index is 955. The molecule has 8 heteroatoms. The van der Waals surface area contributed by atoms with Gasteiger partial charge < -0.3 is 9.47 Å². The van der Waals surface area contributed by atoms with Crippen LogP contribution in [0.2, 0.25) is 10.0 Å². The Hall–Kier alpha value is -2.21. The predicted molar refractivity (Wildman–Crippen MR) is 101 cm³/mol. The Kier molecular flexibility index (Phi) is 5.14. The van der Waals surface area contributed by atoms with Crippen molar-refractivity contribution in [3.05, 3.63) is 57.0 Å². The summed E-state index contributed by atoms with van der Waals surface area (Å²) in [6.45, 7) is 0. The van der Waals surface area contributed by atoms with Gasteiger partial charge in [0.2, 0.25) is 0 Å². The lowest BCUT2D eigenvalue weighted by Crippen LogP contribution is -2.31. The highest BCUT2D eigenvalue weighted by Crippen LogP contribution is 2.40. The first-order chi connectivity index (χ1) is 12.4. The average molecular weight is 413 g/mol. The molecule has 0 aliphatic carbocycles. The summed E-state index contributed by atoms with van der Waals surface area (Å²) in [5, 5.41) is 0.327. The Labute approximate surface area is 164 Å². The van der Waals surface area contributed by atoms with Crippen molar-refractivity contribution in [1.29, 1.82) is 0 Å². The Morgan fingerprint density at radius 3 is 2.19 bits per heavy atom. The van der Waals surface area contributed by atoms with Gasteiger partial charge in [-0.3, -0.25) is 9.59 Å². The minimum atomic E-state index is -0.675. The lowest BCUT2D eigenvalue weighted by molar-refractivity contribution is -0.119. The van der Waals surface area contributed by atoms with Crippen molar-refractivity contribution in [3.8, 4) is 11.5 Å². The molecular formula is C18H12Cl3NO4. The van der Waals surface area contributed by atoms with Crippen molar-refractivity contribution < 1.29 is 19.1 Å². The molecule has 1 heterocycles. The van der Waals surface area contributed by atoms with Crippen LogP contribution in [0.15, 0.2) is 41.4 Å². The van der Waals surface area contributed by atoms with E-state index in [1.54, 1.807) is 24.3 Å². The molecule has 0 spiro atoms. The van der Waals surface area contributed by atoms with Gasteiger partial charge in [0.25, 0.3) is 11.8 Å². The second-order valence-corrected chi connectivity index (χ2v) is 6.52. The van der Waals surface area contributed by atoms with E-state index in [4.69, 9.17) is 44.3 Å². The number of benzene rings is 2. The van der Waals surface area contributed by atoms with Crippen LogP contribution in [0, 0.1) is 0 Å². The summed E-state index contributed by atoms with van der Waals surface area (Å²) >= 11 is 18.3. The number of halogens is 3. The Morgan fingerprint density at radius 2 is 1.54 bits per heavy atom. The number of ether oxygens (including phenoxy) is 2. The molecule has 1 aliphatic rings. The van der Waals surface area contributed by atoms with E-state index in [0.29, 0.717) is 22.1 Å². The summed E-state index contributed by atoms with van der Waals surface area (Å²) in [5.41, 5.74) is 0.642. The van der Waals surface area contributed by atoms with E-state index in [2.05, 4.69) is 0 Å². The minimum absolute atomic E-state index is 0.0497. The Balaban J connectivity index is 2.09. The van der Waals surface area contributed by atoms with Gasteiger partial charge in [-0.2, -0.15) is 0 Å². The van der Waals surface area contributed by atoms with Gasteiger partial charge in [-0.1, -0.05) is 40.9 Å². The van der Waals surface area contributed by atoms with E-state index < -0.39 is 11.8 Å². The zero-order chi connectivity index (χ0) is 19.0. The molecule has 0 saturated carbocycles. The average Bonchev–Trinajstić information content (AvgIpc) is 2.85. The maximum absolute atomic E-state index is 12.9. The zero-order valence-corrected chi connectivity index (χ0v) is 15.9. The van der Waals surface area contributed by atoms with Crippen molar-refractivity contribution in [2.75, 3.05) is 19.1 Å². The summed E-state index contributed by atoms with van der Waals surface area (Å²) in [4.78, 5) is 26.4. The second-order valence-electron chi connectivity index (χ2n) is 5.30. The van der Waals surface area contributed by atoms with Crippen molar-refractivity contribution in [2.45, 2.75) is 0 Å². The topological polar surface area (TPSA) is 55.8 Å². The first-order valence-electron chi connectivity index (χ1n) is 7.35. The summed E-state index contributed by atoms with van der Waals surface area (Å²) in [7, 11) is 2.97. The Morgan fingerprint density at radius 1 is 0.846 bits per heavy atom. The van der Waals surface area contributed by atoms with E-state index in [1.807, 2.05) is 0 Å². The van der Waals surface area contributed by atoms with Crippen molar-refractivity contribution in [1.82, 2.24) is 0 Å². The standard InChI is InChI=1S/C18H12Cl3NO4/c1-25-13-6-3-9(7-14(13)26-2)15-16(21)18(24)22(17(15)23)12-8-10(19)4-5-11(12)20/h3-8H,1-2H3. The third-order valence-electron chi connectivity index (χ3n) is 3.85. The van der Waals surface area contributed by atoms with E-state index in [0.717, 1.165) is 4.90 Å². The lowest BCUT2D eigenvalue weighted by Gasteiger charge is -2.17. The monoisotopic (exact) mass is 411 g/mol. The maximum Gasteiger partial charge on any atom is 0.277 e. The fourth-order valence-electron chi connectivity index (χ4n) is 2.62. The molecule has 2 aromatic rings. The molecule has 0 unspecified atom stereocenters. The highest BCUT2D eigenvalue weighted by molar-refractivity contribution is 6.60. The smallest absolute Gasteiger partial charge is 0.277 e. The molecular weight excluding hydrogens is 401 g/mol. The van der Waals surface area contributed by atoms with Gasteiger partial charge in [0.15, 0.2) is 11.5 Å². The fourth-order valence-corrected chi connectivity index (χ4v) is 3.26. The number of hydrogen-bond acceptors (Lipinski definition) is 4. The number of nitrogens with zero attached hydrogens (tertiary/aromatic N) is 1. The maximum atomic E-state index is 12.9. The zero-order valence-electron chi connectivity index (χ0n) is 13.7. The summed E-state index contributed by atoms with van der Waals surface area (Å²) < 4.78 is 10.4. The first-order valence-corrected chi connectivity index (χ1v) is 8.48. The van der Waals surface area contributed by atoms with Gasteiger partial charge in [0, 0.05) is 5.02 Å². The number of hydrogen-bond donors (Lipinski definition) is 0. The van der Waals surface area contributed by atoms with Gasteiger partial charge in [0.05, 0.1) is 30.5 Å². The molecule has 0 aromatic heterocycles. The quantitative estimate of drug-likeness (QED) is 0.692. The van der Waals surface area contributed by atoms with E-state index >= 15 is 0 Å². The van der Waals surface area contributed by atoms with E-state index in [-0.39, 0.29) is 21.3 Å². The minimum Gasteiger partial charge on any atom is -0.493 e. The van der Waals surface area contributed by atoms with Crippen LogP contribution in [0.5, 0.6) is 11.5 Å². The van der Waals surface area contributed by atoms with Crippen molar-refractivity contribution in [3.63, 3.8) is 0 Å². The van der Waals surface area contributed by atoms with Crippen LogP contribution >= 0.6 is 34.8 Å². The van der Waals surface area contributed by atoms with Crippen LogP contribution in [0.4, 0.5) is 5.69 Å².